The Kier molecular flexibility index (Phi) is 5.56. The molecule has 0 saturated heterocycles. The van der Waals surface area contributed by atoms with Crippen LogP contribution in [0.4, 0.5) is 4.39 Å². The Balaban J connectivity index is 2.03. The number of rotatable bonds is 6. The highest BCUT2D eigenvalue weighted by molar-refractivity contribution is 5.52. The Labute approximate surface area is 126 Å². The molecule has 0 unspecified atom stereocenters. The quantitative estimate of drug-likeness (QED) is 0.618. The lowest BCUT2D eigenvalue weighted by atomic mass is 10.1. The number of hydrogen-bond acceptors (Lipinski definition) is 1. The van der Waals surface area contributed by atoms with Gasteiger partial charge in [-0.15, -0.1) is 0 Å². The summed E-state index contributed by atoms with van der Waals surface area (Å²) in [5.74, 6) is 1.49. The predicted molar refractivity (Wildman–Crippen MR) is 86.3 cm³/mol. The lowest BCUT2D eigenvalue weighted by Crippen LogP contribution is -1.85. The van der Waals surface area contributed by atoms with Crippen LogP contribution in [0.3, 0.4) is 0 Å². The predicted octanol–water partition coefficient (Wildman–Crippen LogP) is 6.15. The molecule has 2 heteroatoms. The van der Waals surface area contributed by atoms with Crippen molar-refractivity contribution in [3.05, 3.63) is 65.5 Å². The van der Waals surface area contributed by atoms with Crippen LogP contribution in [0.5, 0.6) is 11.5 Å². The van der Waals surface area contributed by atoms with Crippen LogP contribution in [0.1, 0.15) is 37.8 Å². The van der Waals surface area contributed by atoms with Crippen LogP contribution < -0.4 is 4.74 Å². The lowest BCUT2D eigenvalue weighted by Gasteiger charge is -2.06. The van der Waals surface area contributed by atoms with Crippen LogP contribution in [-0.2, 0) is 6.42 Å². The molecule has 0 amide bonds. The normalized spacial score (nSPS) is 11.5. The van der Waals surface area contributed by atoms with Gasteiger partial charge < -0.3 is 4.74 Å². The summed E-state index contributed by atoms with van der Waals surface area (Å²) in [5, 5.41) is 0. The van der Waals surface area contributed by atoms with E-state index in [0.29, 0.717) is 6.42 Å². The molecule has 0 spiro atoms. The molecule has 2 rings (SSSR count). The Hall–Kier alpha value is -2.09. The first-order chi connectivity index (χ1) is 10.2. The summed E-state index contributed by atoms with van der Waals surface area (Å²) in [6.07, 6.45) is 3.90. The van der Waals surface area contributed by atoms with E-state index < -0.39 is 0 Å². The molecule has 0 aliphatic carbocycles. The van der Waals surface area contributed by atoms with E-state index in [2.05, 4.69) is 19.1 Å². The maximum atomic E-state index is 13.4. The van der Waals surface area contributed by atoms with Crippen molar-refractivity contribution in [2.75, 3.05) is 0 Å². The Bertz CT molecular complexity index is 582. The van der Waals surface area contributed by atoms with Gasteiger partial charge in [0, 0.05) is 0 Å². The van der Waals surface area contributed by atoms with Crippen LogP contribution in [0, 0.1) is 0 Å². The molecule has 0 N–H and O–H groups in total. The van der Waals surface area contributed by atoms with Gasteiger partial charge in [0.1, 0.15) is 17.3 Å². The van der Waals surface area contributed by atoms with Gasteiger partial charge in [-0.2, -0.15) is 0 Å². The van der Waals surface area contributed by atoms with E-state index in [-0.39, 0.29) is 5.83 Å². The number of aryl methyl sites for hydroxylation is 1. The largest absolute Gasteiger partial charge is 0.457 e. The van der Waals surface area contributed by atoms with Gasteiger partial charge in [-0.05, 0) is 60.7 Å². The SMILES string of the molecule is CCC/C(F)=C\c1ccc(Oc2ccc(CC)cc2)cc1. The minimum atomic E-state index is -0.0821. The fraction of sp³-hybridized carbons (Fsp3) is 0.263. The molecule has 0 fully saturated rings. The van der Waals surface area contributed by atoms with Gasteiger partial charge in [-0.25, -0.2) is 4.39 Å². The monoisotopic (exact) mass is 284 g/mol. The van der Waals surface area contributed by atoms with Crippen LogP contribution in [0.25, 0.3) is 6.08 Å². The molecule has 0 heterocycles. The highest BCUT2D eigenvalue weighted by atomic mass is 19.1. The van der Waals surface area contributed by atoms with E-state index >= 15 is 0 Å². The zero-order valence-corrected chi connectivity index (χ0v) is 12.6. The van der Waals surface area contributed by atoms with Crippen LogP contribution in [0.15, 0.2) is 54.4 Å². The first-order valence-electron chi connectivity index (χ1n) is 7.44. The molecule has 2 aromatic rings. The summed E-state index contributed by atoms with van der Waals surface area (Å²) in [4.78, 5) is 0. The fourth-order valence-electron chi connectivity index (χ4n) is 2.05. The topological polar surface area (TPSA) is 9.23 Å². The van der Waals surface area contributed by atoms with E-state index in [1.807, 2.05) is 43.3 Å². The zero-order valence-electron chi connectivity index (χ0n) is 12.6. The van der Waals surface area contributed by atoms with Crippen LogP contribution in [-0.4, -0.2) is 0 Å². The summed E-state index contributed by atoms with van der Waals surface area (Å²) in [5.41, 5.74) is 2.14. The molecule has 0 aliphatic heterocycles. The molecule has 0 bridgehead atoms. The van der Waals surface area contributed by atoms with Crippen LogP contribution >= 0.6 is 0 Å². The van der Waals surface area contributed by atoms with Gasteiger partial charge in [0.15, 0.2) is 0 Å². The number of benzene rings is 2. The summed E-state index contributed by atoms with van der Waals surface area (Å²) in [7, 11) is 0. The molecule has 0 aliphatic rings. The average molecular weight is 284 g/mol. The Morgan fingerprint density at radius 3 is 2.05 bits per heavy atom. The van der Waals surface area contributed by atoms with Crippen molar-refractivity contribution in [2.45, 2.75) is 33.1 Å². The highest BCUT2D eigenvalue weighted by Crippen LogP contribution is 2.23. The second kappa shape index (κ2) is 7.63. The summed E-state index contributed by atoms with van der Waals surface area (Å²) >= 11 is 0. The maximum absolute atomic E-state index is 13.4. The Morgan fingerprint density at radius 2 is 1.52 bits per heavy atom. The molecule has 2 aromatic carbocycles. The zero-order chi connectivity index (χ0) is 15.1. The van der Waals surface area contributed by atoms with Crippen molar-refractivity contribution in [1.82, 2.24) is 0 Å². The number of halogens is 1. The minimum Gasteiger partial charge on any atom is -0.457 e. The van der Waals surface area contributed by atoms with E-state index in [1.165, 1.54) is 5.56 Å². The average Bonchev–Trinajstić information content (AvgIpc) is 2.50. The third-order valence-electron chi connectivity index (χ3n) is 3.26. The van der Waals surface area contributed by atoms with E-state index in [0.717, 1.165) is 29.9 Å². The fourth-order valence-corrected chi connectivity index (χ4v) is 2.05. The third kappa shape index (κ3) is 4.75. The summed E-state index contributed by atoms with van der Waals surface area (Å²) in [6.45, 7) is 4.09. The van der Waals surface area contributed by atoms with Gasteiger partial charge in [0.05, 0.1) is 0 Å². The van der Waals surface area contributed by atoms with Gasteiger partial charge in [-0.1, -0.05) is 38.1 Å². The van der Waals surface area contributed by atoms with Crippen molar-refractivity contribution in [3.63, 3.8) is 0 Å². The first-order valence-corrected chi connectivity index (χ1v) is 7.44. The van der Waals surface area contributed by atoms with Gasteiger partial charge in [0.25, 0.3) is 0 Å². The van der Waals surface area contributed by atoms with Crippen molar-refractivity contribution < 1.29 is 9.13 Å². The van der Waals surface area contributed by atoms with E-state index in [4.69, 9.17) is 4.74 Å². The standard InChI is InChI=1S/C19H21FO/c1-3-5-17(20)14-16-8-12-19(13-9-16)21-18-10-6-15(4-2)7-11-18/h6-14H,3-5H2,1-2H3/b17-14+. The number of ether oxygens (including phenoxy) is 1. The maximum Gasteiger partial charge on any atom is 0.127 e. The third-order valence-corrected chi connectivity index (χ3v) is 3.26. The number of hydrogen-bond donors (Lipinski definition) is 0. The minimum absolute atomic E-state index is 0.0821. The van der Waals surface area contributed by atoms with E-state index in [9.17, 15) is 4.39 Å². The molecule has 0 atom stereocenters. The molecular weight excluding hydrogens is 263 g/mol. The van der Waals surface area contributed by atoms with Crippen molar-refractivity contribution in [2.24, 2.45) is 0 Å². The van der Waals surface area contributed by atoms with Gasteiger partial charge >= 0.3 is 0 Å². The highest BCUT2D eigenvalue weighted by Gasteiger charge is 1.99. The Morgan fingerprint density at radius 1 is 0.952 bits per heavy atom. The first kappa shape index (κ1) is 15.3. The molecule has 110 valence electrons. The van der Waals surface area contributed by atoms with E-state index in [1.54, 1.807) is 6.08 Å². The molecule has 0 radical (unpaired) electrons. The lowest BCUT2D eigenvalue weighted by molar-refractivity contribution is 0.482. The molecule has 21 heavy (non-hydrogen) atoms. The number of allylic oxidation sites excluding steroid dienone is 1. The van der Waals surface area contributed by atoms with Crippen molar-refractivity contribution in [3.8, 4) is 11.5 Å². The molecule has 0 aromatic heterocycles. The van der Waals surface area contributed by atoms with Gasteiger partial charge in [-0.3, -0.25) is 0 Å². The molecular formula is C19H21FO. The smallest absolute Gasteiger partial charge is 0.127 e. The second-order valence-electron chi connectivity index (χ2n) is 5.01. The summed E-state index contributed by atoms with van der Waals surface area (Å²) in [6, 6.07) is 15.5. The summed E-state index contributed by atoms with van der Waals surface area (Å²) < 4.78 is 19.2. The van der Waals surface area contributed by atoms with Gasteiger partial charge in [0.2, 0.25) is 0 Å². The van der Waals surface area contributed by atoms with Crippen LogP contribution in [0.2, 0.25) is 0 Å². The van der Waals surface area contributed by atoms with Crippen molar-refractivity contribution in [1.29, 1.82) is 0 Å². The second-order valence-corrected chi connectivity index (χ2v) is 5.01. The molecule has 0 saturated carbocycles. The van der Waals surface area contributed by atoms with Crippen molar-refractivity contribution >= 4 is 6.08 Å². The molecule has 1 nitrogen and oxygen atoms in total.